The fourth-order valence-electron chi connectivity index (χ4n) is 3.16. The van der Waals surface area contributed by atoms with Gasteiger partial charge in [-0.1, -0.05) is 31.7 Å². The summed E-state index contributed by atoms with van der Waals surface area (Å²) >= 11 is 3.68. The standard InChI is InChI=1S/C15H21NOS2/c17-14(8-7-12-4-1-2-5-12)16-9-11-19-15(16)13-6-3-10-18-13/h3,6,10,12,15H,1-2,4-5,7-9,11H2. The van der Waals surface area contributed by atoms with Gasteiger partial charge in [-0.15, -0.1) is 23.1 Å². The van der Waals surface area contributed by atoms with E-state index in [2.05, 4.69) is 22.4 Å². The minimum absolute atomic E-state index is 0.288. The molecular weight excluding hydrogens is 274 g/mol. The SMILES string of the molecule is O=C(CCC1CCCC1)N1CCSC1c1cccs1. The van der Waals surface area contributed by atoms with Crippen LogP contribution < -0.4 is 0 Å². The third-order valence-corrected chi connectivity index (χ3v) is 6.56. The fraction of sp³-hybridized carbons (Fsp3) is 0.667. The van der Waals surface area contributed by atoms with Crippen LogP contribution in [0.25, 0.3) is 0 Å². The molecule has 104 valence electrons. The van der Waals surface area contributed by atoms with Crippen molar-refractivity contribution < 1.29 is 4.79 Å². The Kier molecular flexibility index (Phi) is 4.49. The molecule has 2 nitrogen and oxygen atoms in total. The summed E-state index contributed by atoms with van der Waals surface area (Å²) in [5.41, 5.74) is 0. The first kappa shape index (κ1) is 13.5. The van der Waals surface area contributed by atoms with Gasteiger partial charge in [-0.25, -0.2) is 0 Å². The molecule has 3 rings (SSSR count). The van der Waals surface area contributed by atoms with E-state index in [1.807, 2.05) is 11.8 Å². The number of rotatable bonds is 4. The molecule has 1 amide bonds. The van der Waals surface area contributed by atoms with Crippen molar-refractivity contribution in [1.29, 1.82) is 0 Å². The van der Waals surface area contributed by atoms with E-state index in [0.717, 1.165) is 31.1 Å². The quantitative estimate of drug-likeness (QED) is 0.825. The van der Waals surface area contributed by atoms with Gasteiger partial charge in [0.25, 0.3) is 0 Å². The predicted molar refractivity (Wildman–Crippen MR) is 82.4 cm³/mol. The highest BCUT2D eigenvalue weighted by atomic mass is 32.2. The van der Waals surface area contributed by atoms with Crippen LogP contribution in [0.2, 0.25) is 0 Å². The summed E-state index contributed by atoms with van der Waals surface area (Å²) in [6.45, 7) is 0.927. The van der Waals surface area contributed by atoms with E-state index in [0.29, 0.717) is 5.91 Å². The molecule has 1 unspecified atom stereocenters. The molecule has 0 aromatic carbocycles. The van der Waals surface area contributed by atoms with Gasteiger partial charge in [0.15, 0.2) is 0 Å². The van der Waals surface area contributed by atoms with Crippen LogP contribution in [0.15, 0.2) is 17.5 Å². The fourth-order valence-corrected chi connectivity index (χ4v) is 5.42. The van der Waals surface area contributed by atoms with Crippen LogP contribution in [0, 0.1) is 5.92 Å². The van der Waals surface area contributed by atoms with Gasteiger partial charge in [-0.3, -0.25) is 4.79 Å². The first-order chi connectivity index (χ1) is 9.34. The maximum Gasteiger partial charge on any atom is 0.223 e. The monoisotopic (exact) mass is 295 g/mol. The zero-order valence-corrected chi connectivity index (χ0v) is 12.8. The number of thioether (sulfide) groups is 1. The Balaban J connectivity index is 1.56. The van der Waals surface area contributed by atoms with Gasteiger partial charge in [0, 0.05) is 23.6 Å². The van der Waals surface area contributed by atoms with E-state index in [4.69, 9.17) is 0 Å². The van der Waals surface area contributed by atoms with E-state index >= 15 is 0 Å². The average molecular weight is 295 g/mol. The van der Waals surface area contributed by atoms with Crippen molar-refractivity contribution in [3.05, 3.63) is 22.4 Å². The molecule has 0 radical (unpaired) electrons. The van der Waals surface area contributed by atoms with Crippen molar-refractivity contribution in [3.63, 3.8) is 0 Å². The van der Waals surface area contributed by atoms with Crippen molar-refractivity contribution in [2.24, 2.45) is 5.92 Å². The highest BCUT2D eigenvalue weighted by Gasteiger charge is 2.31. The van der Waals surface area contributed by atoms with Crippen molar-refractivity contribution in [1.82, 2.24) is 4.90 Å². The Morgan fingerprint density at radius 2 is 2.21 bits per heavy atom. The maximum atomic E-state index is 12.4. The van der Waals surface area contributed by atoms with Crippen molar-refractivity contribution in [2.75, 3.05) is 12.3 Å². The lowest BCUT2D eigenvalue weighted by atomic mass is 10.0. The van der Waals surface area contributed by atoms with Crippen LogP contribution in [-0.2, 0) is 4.79 Å². The smallest absolute Gasteiger partial charge is 0.223 e. The first-order valence-corrected chi connectivity index (χ1v) is 9.22. The molecule has 2 aliphatic rings. The Labute approximate surface area is 123 Å². The highest BCUT2D eigenvalue weighted by Crippen LogP contribution is 2.40. The van der Waals surface area contributed by atoms with Crippen molar-refractivity contribution in [3.8, 4) is 0 Å². The summed E-state index contributed by atoms with van der Waals surface area (Å²) in [5, 5.41) is 2.39. The first-order valence-electron chi connectivity index (χ1n) is 7.29. The molecule has 19 heavy (non-hydrogen) atoms. The third kappa shape index (κ3) is 3.16. The van der Waals surface area contributed by atoms with Crippen LogP contribution in [0.3, 0.4) is 0 Å². The molecule has 2 heterocycles. The molecular formula is C15H21NOS2. The second-order valence-electron chi connectivity index (χ2n) is 5.51. The summed E-state index contributed by atoms with van der Waals surface area (Å²) in [7, 11) is 0. The van der Waals surface area contributed by atoms with Crippen molar-refractivity contribution in [2.45, 2.75) is 43.9 Å². The molecule has 1 aromatic heterocycles. The number of carbonyl (C=O) groups excluding carboxylic acids is 1. The summed E-state index contributed by atoms with van der Waals surface area (Å²) in [6.07, 6.45) is 7.30. The highest BCUT2D eigenvalue weighted by molar-refractivity contribution is 7.99. The van der Waals surface area contributed by atoms with E-state index in [-0.39, 0.29) is 5.37 Å². The minimum atomic E-state index is 0.288. The minimum Gasteiger partial charge on any atom is -0.325 e. The van der Waals surface area contributed by atoms with Gasteiger partial charge in [0.1, 0.15) is 5.37 Å². The molecule has 0 N–H and O–H groups in total. The Morgan fingerprint density at radius 3 is 2.95 bits per heavy atom. The van der Waals surface area contributed by atoms with E-state index in [9.17, 15) is 4.79 Å². The van der Waals surface area contributed by atoms with Gasteiger partial charge in [0.2, 0.25) is 5.91 Å². The van der Waals surface area contributed by atoms with Gasteiger partial charge in [-0.05, 0) is 23.8 Å². The van der Waals surface area contributed by atoms with E-state index in [1.165, 1.54) is 30.6 Å². The number of carbonyl (C=O) groups is 1. The molecule has 1 saturated heterocycles. The Hall–Kier alpha value is -0.480. The second-order valence-corrected chi connectivity index (χ2v) is 7.68. The summed E-state index contributed by atoms with van der Waals surface area (Å²) in [5.74, 6) is 2.27. The topological polar surface area (TPSA) is 20.3 Å². The lowest BCUT2D eigenvalue weighted by Gasteiger charge is -2.23. The Morgan fingerprint density at radius 1 is 1.37 bits per heavy atom. The summed E-state index contributed by atoms with van der Waals surface area (Å²) < 4.78 is 0. The largest absolute Gasteiger partial charge is 0.325 e. The molecule has 4 heteroatoms. The van der Waals surface area contributed by atoms with E-state index in [1.54, 1.807) is 11.3 Å². The molecule has 2 fully saturated rings. The molecule has 1 saturated carbocycles. The number of hydrogen-bond donors (Lipinski definition) is 0. The maximum absolute atomic E-state index is 12.4. The van der Waals surface area contributed by atoms with Crippen molar-refractivity contribution >= 4 is 29.0 Å². The molecule has 0 bridgehead atoms. The third-order valence-electron chi connectivity index (χ3n) is 4.24. The number of amides is 1. The van der Waals surface area contributed by atoms with Gasteiger partial charge >= 0.3 is 0 Å². The number of thiophene rings is 1. The number of hydrogen-bond acceptors (Lipinski definition) is 3. The second kappa shape index (κ2) is 6.31. The van der Waals surface area contributed by atoms with Gasteiger partial charge < -0.3 is 4.90 Å². The van der Waals surface area contributed by atoms with Crippen LogP contribution >= 0.6 is 23.1 Å². The molecule has 0 spiro atoms. The molecule has 1 aliphatic carbocycles. The van der Waals surface area contributed by atoms with Crippen LogP contribution in [0.1, 0.15) is 48.8 Å². The summed E-state index contributed by atoms with van der Waals surface area (Å²) in [4.78, 5) is 15.9. The molecule has 1 aliphatic heterocycles. The molecule has 1 atom stereocenters. The lowest BCUT2D eigenvalue weighted by Crippen LogP contribution is -2.30. The predicted octanol–water partition coefficient (Wildman–Crippen LogP) is 4.29. The summed E-state index contributed by atoms with van der Waals surface area (Å²) in [6, 6.07) is 4.24. The Bertz CT molecular complexity index is 412. The zero-order valence-electron chi connectivity index (χ0n) is 11.2. The number of nitrogens with zero attached hydrogens (tertiary/aromatic N) is 1. The average Bonchev–Trinajstić information content (AvgIpc) is 3.14. The van der Waals surface area contributed by atoms with Crippen LogP contribution in [0.5, 0.6) is 0 Å². The van der Waals surface area contributed by atoms with Crippen LogP contribution in [-0.4, -0.2) is 23.1 Å². The lowest BCUT2D eigenvalue weighted by molar-refractivity contribution is -0.131. The van der Waals surface area contributed by atoms with E-state index < -0.39 is 0 Å². The van der Waals surface area contributed by atoms with Gasteiger partial charge in [0.05, 0.1) is 0 Å². The molecule has 1 aromatic rings. The normalized spacial score (nSPS) is 24.2. The zero-order chi connectivity index (χ0) is 13.1. The van der Waals surface area contributed by atoms with Crippen LogP contribution in [0.4, 0.5) is 0 Å². The van der Waals surface area contributed by atoms with Gasteiger partial charge in [-0.2, -0.15) is 0 Å².